The third-order valence-corrected chi connectivity index (χ3v) is 4.24. The van der Waals surface area contributed by atoms with E-state index in [-0.39, 0.29) is 18.4 Å². The average Bonchev–Trinajstić information content (AvgIpc) is 2.82. The molecule has 1 aromatic rings. The summed E-state index contributed by atoms with van der Waals surface area (Å²) in [5, 5.41) is 2.61. The molecule has 0 unspecified atom stereocenters. The van der Waals surface area contributed by atoms with E-state index >= 15 is 0 Å². The number of hydrogen-bond donors (Lipinski definition) is 3. The van der Waals surface area contributed by atoms with Crippen LogP contribution in [0.5, 0.6) is 0 Å². The highest BCUT2D eigenvalue weighted by Crippen LogP contribution is 2.25. The second-order valence-corrected chi connectivity index (χ2v) is 6.37. The molecule has 0 aromatic carbocycles. The number of imide groups is 1. The van der Waals surface area contributed by atoms with Crippen LogP contribution in [0.2, 0.25) is 0 Å². The first-order valence-corrected chi connectivity index (χ1v) is 6.82. The number of amides is 4. The number of thiophene rings is 1. The molecule has 1 saturated heterocycles. The molecule has 0 saturated carbocycles. The molecular weight excluding hydrogens is 280 g/mol. The number of nitrogens with two attached hydrogens (primary N) is 1. The lowest BCUT2D eigenvalue weighted by atomic mass is 10.1. The maximum Gasteiger partial charge on any atom is 0.325 e. The van der Waals surface area contributed by atoms with Crippen LogP contribution >= 0.6 is 11.3 Å². The van der Waals surface area contributed by atoms with E-state index in [4.69, 9.17) is 5.84 Å². The Bertz CT molecular complexity index is 594. The minimum absolute atomic E-state index is 0.147. The molecule has 1 fully saturated rings. The van der Waals surface area contributed by atoms with Gasteiger partial charge in [-0.05, 0) is 32.4 Å². The van der Waals surface area contributed by atoms with E-state index in [1.807, 2.05) is 6.92 Å². The lowest BCUT2D eigenvalue weighted by molar-refractivity contribution is -0.130. The molecule has 2 rings (SSSR count). The molecule has 0 radical (unpaired) electrons. The van der Waals surface area contributed by atoms with Gasteiger partial charge in [-0.2, -0.15) is 0 Å². The van der Waals surface area contributed by atoms with Crippen LogP contribution in [0.25, 0.3) is 0 Å². The molecule has 4 N–H and O–H groups in total. The molecule has 20 heavy (non-hydrogen) atoms. The van der Waals surface area contributed by atoms with E-state index in [9.17, 15) is 14.4 Å². The summed E-state index contributed by atoms with van der Waals surface area (Å²) in [4.78, 5) is 37.8. The van der Waals surface area contributed by atoms with Crippen LogP contribution in [0.1, 0.15) is 34.0 Å². The zero-order valence-corrected chi connectivity index (χ0v) is 12.3. The van der Waals surface area contributed by atoms with Gasteiger partial charge in [0.15, 0.2) is 0 Å². The van der Waals surface area contributed by atoms with Crippen molar-refractivity contribution in [1.29, 1.82) is 0 Å². The Balaban J connectivity index is 2.23. The fraction of sp³-hybridized carbons (Fsp3) is 0.417. The number of nitrogens with zero attached hydrogens (tertiary/aromatic N) is 1. The summed E-state index contributed by atoms with van der Waals surface area (Å²) in [6.07, 6.45) is 0. The highest BCUT2D eigenvalue weighted by atomic mass is 32.1. The quantitative estimate of drug-likeness (QED) is 0.327. The highest BCUT2D eigenvalue weighted by molar-refractivity contribution is 7.14. The number of nitrogens with one attached hydrogen (secondary N) is 2. The Morgan fingerprint density at radius 2 is 2.15 bits per heavy atom. The van der Waals surface area contributed by atoms with Crippen molar-refractivity contribution in [2.24, 2.45) is 5.84 Å². The number of hydrazine groups is 1. The number of carbonyl (C=O) groups excluding carboxylic acids is 3. The van der Waals surface area contributed by atoms with Gasteiger partial charge in [-0.3, -0.25) is 19.9 Å². The van der Waals surface area contributed by atoms with E-state index in [1.54, 1.807) is 19.9 Å². The number of urea groups is 1. The molecule has 1 aromatic heterocycles. The van der Waals surface area contributed by atoms with Crippen molar-refractivity contribution >= 4 is 29.2 Å². The van der Waals surface area contributed by atoms with Crippen molar-refractivity contribution in [3.8, 4) is 0 Å². The fourth-order valence-electron chi connectivity index (χ4n) is 1.99. The summed E-state index contributed by atoms with van der Waals surface area (Å²) in [7, 11) is 0. The standard InChI is InChI=1S/C12H16N4O3S/c1-6-7(4-8(20-6)9(17)15-13)5-16-10(18)12(2,3)14-11(16)19/h4H,5,13H2,1-3H3,(H,14,19)(H,15,17). The number of nitrogen functional groups attached to an aromatic ring is 1. The Kier molecular flexibility index (Phi) is 3.53. The zero-order valence-electron chi connectivity index (χ0n) is 11.4. The van der Waals surface area contributed by atoms with Crippen LogP contribution in [0, 0.1) is 6.92 Å². The lowest BCUT2D eigenvalue weighted by Gasteiger charge is -2.15. The number of rotatable bonds is 3. The maximum atomic E-state index is 12.1. The molecule has 108 valence electrons. The molecule has 7 nitrogen and oxygen atoms in total. The second kappa shape index (κ2) is 4.88. The summed E-state index contributed by atoms with van der Waals surface area (Å²) < 4.78 is 0. The Morgan fingerprint density at radius 1 is 1.50 bits per heavy atom. The normalized spacial score (nSPS) is 17.3. The summed E-state index contributed by atoms with van der Waals surface area (Å²) >= 11 is 1.27. The van der Waals surface area contributed by atoms with E-state index in [1.165, 1.54) is 11.3 Å². The van der Waals surface area contributed by atoms with Crippen molar-refractivity contribution in [2.75, 3.05) is 0 Å². The third kappa shape index (κ3) is 2.39. The van der Waals surface area contributed by atoms with Gasteiger partial charge < -0.3 is 5.32 Å². The van der Waals surface area contributed by atoms with E-state index in [2.05, 4.69) is 10.7 Å². The van der Waals surface area contributed by atoms with Crippen LogP contribution in [-0.4, -0.2) is 28.3 Å². The molecule has 0 spiro atoms. The topological polar surface area (TPSA) is 105 Å². The molecule has 0 atom stereocenters. The van der Waals surface area contributed by atoms with Gasteiger partial charge in [0, 0.05) is 4.88 Å². The average molecular weight is 296 g/mol. The largest absolute Gasteiger partial charge is 0.325 e. The van der Waals surface area contributed by atoms with E-state index < -0.39 is 11.6 Å². The second-order valence-electron chi connectivity index (χ2n) is 5.11. The number of aryl methyl sites for hydroxylation is 1. The molecule has 1 aliphatic rings. The Hall–Kier alpha value is -1.93. The molecular formula is C12H16N4O3S. The van der Waals surface area contributed by atoms with E-state index in [0.717, 1.165) is 15.3 Å². The zero-order chi connectivity index (χ0) is 15.1. The molecule has 2 heterocycles. The molecule has 0 bridgehead atoms. The minimum atomic E-state index is -0.890. The summed E-state index contributed by atoms with van der Waals surface area (Å²) in [5.74, 6) is 4.42. The molecule has 0 aliphatic carbocycles. The SMILES string of the molecule is Cc1sc(C(=O)NN)cc1CN1C(=O)NC(C)(C)C1=O. The van der Waals surface area contributed by atoms with Gasteiger partial charge in [-0.25, -0.2) is 10.6 Å². The predicted octanol–water partition coefficient (Wildman–Crippen LogP) is 0.490. The van der Waals surface area contributed by atoms with E-state index in [0.29, 0.717) is 4.88 Å². The number of hydrogen-bond acceptors (Lipinski definition) is 5. The summed E-state index contributed by atoms with van der Waals surface area (Å²) in [6.45, 7) is 5.28. The highest BCUT2D eigenvalue weighted by Gasteiger charge is 2.44. The van der Waals surface area contributed by atoms with Gasteiger partial charge in [0.2, 0.25) is 0 Å². The van der Waals surface area contributed by atoms with Crippen LogP contribution in [0.15, 0.2) is 6.07 Å². The Morgan fingerprint density at radius 3 is 2.65 bits per heavy atom. The van der Waals surface area contributed by atoms with Crippen LogP contribution < -0.4 is 16.6 Å². The van der Waals surface area contributed by atoms with Crippen LogP contribution in [0.3, 0.4) is 0 Å². The smallest absolute Gasteiger partial charge is 0.324 e. The fourth-order valence-corrected chi connectivity index (χ4v) is 2.93. The van der Waals surface area contributed by atoms with Crippen molar-refractivity contribution in [3.05, 3.63) is 21.4 Å². The first-order valence-electron chi connectivity index (χ1n) is 6.00. The predicted molar refractivity (Wildman–Crippen MR) is 73.9 cm³/mol. The van der Waals surface area contributed by atoms with Gasteiger partial charge in [0.25, 0.3) is 11.8 Å². The minimum Gasteiger partial charge on any atom is -0.324 e. The monoisotopic (exact) mass is 296 g/mol. The van der Waals surface area contributed by atoms with Crippen molar-refractivity contribution in [3.63, 3.8) is 0 Å². The maximum absolute atomic E-state index is 12.1. The van der Waals surface area contributed by atoms with Crippen molar-refractivity contribution in [1.82, 2.24) is 15.6 Å². The summed E-state index contributed by atoms with van der Waals surface area (Å²) in [6, 6.07) is 1.23. The molecule has 8 heteroatoms. The van der Waals surface area contributed by atoms with Crippen molar-refractivity contribution in [2.45, 2.75) is 32.9 Å². The first-order chi connectivity index (χ1) is 9.26. The summed E-state index contributed by atoms with van der Waals surface area (Å²) in [5.41, 5.74) is 1.93. The van der Waals surface area contributed by atoms with Gasteiger partial charge in [-0.15, -0.1) is 11.3 Å². The van der Waals surface area contributed by atoms with Gasteiger partial charge in [0.1, 0.15) is 5.54 Å². The van der Waals surface area contributed by atoms with Gasteiger partial charge in [0.05, 0.1) is 11.4 Å². The van der Waals surface area contributed by atoms with Crippen molar-refractivity contribution < 1.29 is 14.4 Å². The van der Waals surface area contributed by atoms with Crippen LogP contribution in [0.4, 0.5) is 4.79 Å². The van der Waals surface area contributed by atoms with Gasteiger partial charge in [-0.1, -0.05) is 0 Å². The lowest BCUT2D eigenvalue weighted by Crippen LogP contribution is -2.40. The molecule has 1 aliphatic heterocycles. The van der Waals surface area contributed by atoms with Gasteiger partial charge >= 0.3 is 6.03 Å². The third-order valence-electron chi connectivity index (χ3n) is 3.15. The first kappa shape index (κ1) is 14.5. The molecule has 4 amide bonds. The van der Waals surface area contributed by atoms with Crippen LogP contribution in [-0.2, 0) is 11.3 Å². The Labute approximate surface area is 120 Å². The number of carbonyl (C=O) groups is 3.